The zero-order chi connectivity index (χ0) is 15.3. The summed E-state index contributed by atoms with van der Waals surface area (Å²) in [7, 11) is 3.58. The first-order valence-corrected chi connectivity index (χ1v) is 7.10. The third-order valence-electron chi connectivity index (χ3n) is 3.77. The molecule has 20 heavy (non-hydrogen) atoms. The molecule has 0 aliphatic heterocycles. The molecule has 1 fully saturated rings. The average molecular weight is 278 g/mol. The predicted octanol–water partition coefficient (Wildman–Crippen LogP) is 2.56. The van der Waals surface area contributed by atoms with Gasteiger partial charge in [0.2, 0.25) is 0 Å². The van der Waals surface area contributed by atoms with E-state index in [0.717, 1.165) is 35.5 Å². The maximum absolute atomic E-state index is 9.40. The fraction of sp³-hybridized carbons (Fsp3) is 0.562. The van der Waals surface area contributed by atoms with Crippen LogP contribution in [0.4, 0.5) is 0 Å². The zero-order valence-electron chi connectivity index (χ0n) is 13.2. The van der Waals surface area contributed by atoms with Crippen LogP contribution in [0.2, 0.25) is 0 Å². The Balaban J connectivity index is 0.000000956. The van der Waals surface area contributed by atoms with E-state index < -0.39 is 0 Å². The molecule has 0 bridgehead atoms. The van der Waals surface area contributed by atoms with Gasteiger partial charge in [-0.25, -0.2) is 4.99 Å². The van der Waals surface area contributed by atoms with Crippen LogP contribution in [0.1, 0.15) is 32.4 Å². The van der Waals surface area contributed by atoms with Gasteiger partial charge in [-0.05, 0) is 31.9 Å². The minimum absolute atomic E-state index is 0.118. The van der Waals surface area contributed by atoms with Crippen LogP contribution in [0.15, 0.2) is 29.4 Å². The van der Waals surface area contributed by atoms with Gasteiger partial charge in [0.15, 0.2) is 11.2 Å². The second-order valence-electron chi connectivity index (χ2n) is 4.92. The van der Waals surface area contributed by atoms with E-state index in [-0.39, 0.29) is 12.0 Å². The van der Waals surface area contributed by atoms with Crippen molar-refractivity contribution in [1.82, 2.24) is 4.57 Å². The van der Waals surface area contributed by atoms with Crippen molar-refractivity contribution in [2.45, 2.75) is 33.6 Å². The number of ether oxygens (including phenoxy) is 1. The van der Waals surface area contributed by atoms with Crippen LogP contribution in [0, 0.1) is 12.3 Å². The lowest BCUT2D eigenvalue weighted by Crippen LogP contribution is -2.23. The molecule has 0 aromatic carbocycles. The van der Waals surface area contributed by atoms with Crippen LogP contribution in [-0.2, 0) is 7.05 Å². The number of aryl methyl sites for hydroxylation is 1. The van der Waals surface area contributed by atoms with E-state index in [9.17, 15) is 5.11 Å². The molecule has 0 amide bonds. The minimum Gasteiger partial charge on any atom is -0.493 e. The second-order valence-corrected chi connectivity index (χ2v) is 4.92. The van der Waals surface area contributed by atoms with Gasteiger partial charge in [-0.15, -0.1) is 0 Å². The summed E-state index contributed by atoms with van der Waals surface area (Å²) in [4.78, 5) is 4.58. The first-order valence-electron chi connectivity index (χ1n) is 7.10. The normalized spacial score (nSPS) is 16.2. The third kappa shape index (κ3) is 3.12. The fourth-order valence-electron chi connectivity index (χ4n) is 1.94. The van der Waals surface area contributed by atoms with Crippen LogP contribution in [0.3, 0.4) is 0 Å². The van der Waals surface area contributed by atoms with Crippen molar-refractivity contribution in [2.24, 2.45) is 17.5 Å². The molecule has 1 aliphatic rings. The lowest BCUT2D eigenvalue weighted by molar-refractivity contribution is 0.233. The Morgan fingerprint density at radius 2 is 2.05 bits per heavy atom. The topological polar surface area (TPSA) is 46.8 Å². The molecule has 1 aromatic heterocycles. The Labute approximate surface area is 121 Å². The van der Waals surface area contributed by atoms with E-state index in [1.165, 1.54) is 0 Å². The smallest absolute Gasteiger partial charge is 0.175 e. The first-order chi connectivity index (χ1) is 9.54. The Kier molecular flexibility index (Phi) is 5.57. The molecule has 2 rings (SSSR count). The molecule has 0 unspecified atom stereocenters. The van der Waals surface area contributed by atoms with Gasteiger partial charge in [-0.2, -0.15) is 0 Å². The molecule has 4 heteroatoms. The SMILES string of the molecule is C=C(N=c1c(OC)ccc(C)n1C)C1(CO)CC1.CC. The van der Waals surface area contributed by atoms with Crippen molar-refractivity contribution in [3.8, 4) is 5.75 Å². The van der Waals surface area contributed by atoms with E-state index in [4.69, 9.17) is 4.74 Å². The Hall–Kier alpha value is -1.55. The highest BCUT2D eigenvalue weighted by Gasteiger charge is 2.45. The number of aliphatic hydroxyl groups excluding tert-OH is 1. The van der Waals surface area contributed by atoms with E-state index in [0.29, 0.717) is 0 Å². The summed E-state index contributed by atoms with van der Waals surface area (Å²) < 4.78 is 7.30. The van der Waals surface area contributed by atoms with E-state index in [1.54, 1.807) is 7.11 Å². The van der Waals surface area contributed by atoms with E-state index >= 15 is 0 Å². The number of aliphatic hydroxyl groups is 1. The molecular weight excluding hydrogens is 252 g/mol. The quantitative estimate of drug-likeness (QED) is 0.920. The molecule has 1 aliphatic carbocycles. The van der Waals surface area contributed by atoms with Crippen LogP contribution in [0.5, 0.6) is 5.75 Å². The lowest BCUT2D eigenvalue weighted by atomic mass is 10.1. The van der Waals surface area contributed by atoms with Crippen molar-refractivity contribution in [1.29, 1.82) is 0 Å². The largest absolute Gasteiger partial charge is 0.493 e. The van der Waals surface area contributed by atoms with E-state index in [1.807, 2.05) is 44.5 Å². The molecule has 0 spiro atoms. The van der Waals surface area contributed by atoms with Gasteiger partial charge in [-0.1, -0.05) is 20.4 Å². The number of hydrogen-bond donors (Lipinski definition) is 1. The summed E-state index contributed by atoms with van der Waals surface area (Å²) in [6.45, 7) is 10.1. The summed E-state index contributed by atoms with van der Waals surface area (Å²) in [5, 5.41) is 9.40. The Bertz CT molecular complexity index is 540. The van der Waals surface area contributed by atoms with Gasteiger partial charge < -0.3 is 14.4 Å². The minimum atomic E-state index is -0.193. The molecule has 0 atom stereocenters. The van der Waals surface area contributed by atoms with Crippen molar-refractivity contribution < 1.29 is 9.84 Å². The first kappa shape index (κ1) is 16.5. The molecular formula is C16H26N2O2. The van der Waals surface area contributed by atoms with Gasteiger partial charge in [0, 0.05) is 23.9 Å². The zero-order valence-corrected chi connectivity index (χ0v) is 13.2. The Morgan fingerprint density at radius 3 is 2.50 bits per heavy atom. The number of methoxy groups -OCH3 is 1. The van der Waals surface area contributed by atoms with Crippen LogP contribution in [-0.4, -0.2) is 23.4 Å². The van der Waals surface area contributed by atoms with Crippen molar-refractivity contribution >= 4 is 0 Å². The maximum Gasteiger partial charge on any atom is 0.175 e. The predicted molar refractivity (Wildman–Crippen MR) is 81.5 cm³/mol. The maximum atomic E-state index is 9.40. The van der Waals surface area contributed by atoms with Crippen molar-refractivity contribution in [3.63, 3.8) is 0 Å². The Morgan fingerprint density at radius 1 is 1.45 bits per heavy atom. The number of nitrogens with zero attached hydrogens (tertiary/aromatic N) is 2. The third-order valence-corrected chi connectivity index (χ3v) is 3.77. The molecule has 1 aromatic rings. The van der Waals surface area contributed by atoms with Gasteiger partial charge >= 0.3 is 0 Å². The fourth-order valence-corrected chi connectivity index (χ4v) is 1.94. The summed E-state index contributed by atoms with van der Waals surface area (Å²) in [5.74, 6) is 0.720. The van der Waals surface area contributed by atoms with Crippen molar-refractivity contribution in [3.05, 3.63) is 35.6 Å². The van der Waals surface area contributed by atoms with Gasteiger partial charge in [-0.3, -0.25) is 0 Å². The molecule has 112 valence electrons. The van der Waals surface area contributed by atoms with Gasteiger partial charge in [0.05, 0.1) is 13.7 Å². The summed E-state index contributed by atoms with van der Waals surface area (Å²) in [5.41, 5.74) is 2.39. The summed E-state index contributed by atoms with van der Waals surface area (Å²) in [6.07, 6.45) is 1.92. The van der Waals surface area contributed by atoms with Crippen LogP contribution in [0.25, 0.3) is 0 Å². The van der Waals surface area contributed by atoms with Crippen LogP contribution >= 0.6 is 0 Å². The molecule has 1 N–H and O–H groups in total. The summed E-state index contributed by atoms with van der Waals surface area (Å²) >= 11 is 0. The number of hydrogen-bond acceptors (Lipinski definition) is 3. The molecule has 0 radical (unpaired) electrons. The standard InChI is InChI=1S/C14H20N2O2.C2H6/c1-10-5-6-12(18-4)13(16(10)3)15-11(2)14(9-17)7-8-14;1-2/h5-6,17H,2,7-9H2,1,3-4H3;1-2H3. The number of rotatable bonds is 4. The van der Waals surface area contributed by atoms with Crippen LogP contribution < -0.4 is 10.2 Å². The highest BCUT2D eigenvalue weighted by Crippen LogP contribution is 2.51. The molecule has 4 nitrogen and oxygen atoms in total. The van der Waals surface area contributed by atoms with Gasteiger partial charge in [0.1, 0.15) is 0 Å². The monoisotopic (exact) mass is 278 g/mol. The molecule has 1 heterocycles. The molecule has 1 saturated carbocycles. The average Bonchev–Trinajstić information content (AvgIpc) is 3.27. The highest BCUT2D eigenvalue weighted by atomic mass is 16.5. The highest BCUT2D eigenvalue weighted by molar-refractivity contribution is 5.24. The van der Waals surface area contributed by atoms with Crippen molar-refractivity contribution in [2.75, 3.05) is 13.7 Å². The second kappa shape index (κ2) is 6.75. The summed E-state index contributed by atoms with van der Waals surface area (Å²) in [6, 6.07) is 3.89. The lowest BCUT2D eigenvalue weighted by Gasteiger charge is -2.13. The van der Waals surface area contributed by atoms with Gasteiger partial charge in [0.25, 0.3) is 0 Å². The number of pyridine rings is 1. The number of aromatic nitrogens is 1. The van der Waals surface area contributed by atoms with E-state index in [2.05, 4.69) is 11.6 Å². The molecule has 0 saturated heterocycles.